The molecule has 2 heteroatoms. The third kappa shape index (κ3) is 2.66. The summed E-state index contributed by atoms with van der Waals surface area (Å²) in [6, 6.07) is 8.49. The maximum absolute atomic E-state index is 4.22. The number of benzene rings is 1. The monoisotopic (exact) mass is 278 g/mol. The predicted molar refractivity (Wildman–Crippen MR) is 91.2 cm³/mol. The predicted octanol–water partition coefficient (Wildman–Crippen LogP) is 5.01. The van der Waals surface area contributed by atoms with Crippen LogP contribution in [0.3, 0.4) is 0 Å². The molecule has 1 heterocycles. The van der Waals surface area contributed by atoms with Crippen molar-refractivity contribution in [3.8, 4) is 0 Å². The van der Waals surface area contributed by atoms with Crippen molar-refractivity contribution in [1.82, 2.24) is 4.98 Å². The van der Waals surface area contributed by atoms with Gasteiger partial charge in [-0.3, -0.25) is 0 Å². The second-order valence-electron chi connectivity index (χ2n) is 5.67. The third-order valence-corrected chi connectivity index (χ3v) is 4.18. The minimum atomic E-state index is 0.934. The van der Waals surface area contributed by atoms with Gasteiger partial charge in [0, 0.05) is 34.4 Å². The number of H-pyrrole nitrogens is 1. The number of fused-ring (bicyclic) bond motifs is 1. The van der Waals surface area contributed by atoms with Crippen LogP contribution in [0.1, 0.15) is 42.1 Å². The summed E-state index contributed by atoms with van der Waals surface area (Å²) in [5.74, 6) is 0. The highest BCUT2D eigenvalue weighted by molar-refractivity contribution is 5.85. The minimum absolute atomic E-state index is 0.934. The molecule has 1 aromatic heterocycles. The lowest BCUT2D eigenvalue weighted by Crippen LogP contribution is -2.04. The molecule has 108 valence electrons. The first-order valence-electron chi connectivity index (χ1n) is 7.62. The molecular weight excluding hydrogens is 256 g/mol. The Kier molecular flexibility index (Phi) is 3.70. The number of allylic oxidation sites excluding steroid dienone is 1. The fourth-order valence-electron chi connectivity index (χ4n) is 3.02. The highest BCUT2D eigenvalue weighted by atomic mass is 14.9. The van der Waals surface area contributed by atoms with E-state index in [1.54, 1.807) is 0 Å². The summed E-state index contributed by atoms with van der Waals surface area (Å²) in [6.07, 6.45) is 6.46. The van der Waals surface area contributed by atoms with Gasteiger partial charge < -0.3 is 10.3 Å². The van der Waals surface area contributed by atoms with Crippen LogP contribution in [0.2, 0.25) is 0 Å². The first kappa shape index (κ1) is 13.7. The van der Waals surface area contributed by atoms with Crippen molar-refractivity contribution in [3.63, 3.8) is 0 Å². The molecule has 0 atom stereocenters. The van der Waals surface area contributed by atoms with Gasteiger partial charge in [0.1, 0.15) is 0 Å². The molecule has 0 unspecified atom stereocenters. The average Bonchev–Trinajstić information content (AvgIpc) is 2.93. The molecule has 0 saturated heterocycles. The van der Waals surface area contributed by atoms with Gasteiger partial charge in [0.05, 0.1) is 0 Å². The van der Waals surface area contributed by atoms with Crippen molar-refractivity contribution in [3.05, 3.63) is 66.0 Å². The standard InChI is InChI=1S/C19H22N2/c1-4-15-8-6-9-16(11-15)21-14(3)17-12-20-18-10-5-7-13(2)19(17)18/h6,8-9,11-12,20-21H,2-5,7,10H2,1H3. The molecule has 2 N–H and O–H groups in total. The van der Waals surface area contributed by atoms with Gasteiger partial charge in [-0.05, 0) is 49.0 Å². The van der Waals surface area contributed by atoms with E-state index in [4.69, 9.17) is 0 Å². The molecule has 1 aromatic carbocycles. The van der Waals surface area contributed by atoms with E-state index in [1.165, 1.54) is 28.8 Å². The molecule has 0 amide bonds. The molecular formula is C19H22N2. The highest BCUT2D eigenvalue weighted by Gasteiger charge is 2.19. The molecule has 21 heavy (non-hydrogen) atoms. The molecule has 0 bridgehead atoms. The Hall–Kier alpha value is -2.22. The number of aromatic amines is 1. The maximum atomic E-state index is 4.22. The van der Waals surface area contributed by atoms with Crippen molar-refractivity contribution in [2.45, 2.75) is 32.6 Å². The Morgan fingerprint density at radius 3 is 3.00 bits per heavy atom. The Balaban J connectivity index is 1.86. The molecule has 0 saturated carbocycles. The summed E-state index contributed by atoms with van der Waals surface area (Å²) >= 11 is 0. The number of aryl methyl sites for hydroxylation is 2. The van der Waals surface area contributed by atoms with E-state index in [0.29, 0.717) is 0 Å². The second kappa shape index (κ2) is 5.65. The second-order valence-corrected chi connectivity index (χ2v) is 5.67. The van der Waals surface area contributed by atoms with Crippen LogP contribution in [-0.2, 0) is 12.8 Å². The van der Waals surface area contributed by atoms with Crippen LogP contribution >= 0.6 is 0 Å². The minimum Gasteiger partial charge on any atom is -0.364 e. The summed E-state index contributed by atoms with van der Waals surface area (Å²) in [6.45, 7) is 10.6. The van der Waals surface area contributed by atoms with E-state index in [-0.39, 0.29) is 0 Å². The van der Waals surface area contributed by atoms with E-state index < -0.39 is 0 Å². The average molecular weight is 278 g/mol. The summed E-state index contributed by atoms with van der Waals surface area (Å²) in [7, 11) is 0. The lowest BCUT2D eigenvalue weighted by Gasteiger charge is -2.17. The van der Waals surface area contributed by atoms with Gasteiger partial charge in [0.25, 0.3) is 0 Å². The van der Waals surface area contributed by atoms with Crippen LogP contribution in [0, 0.1) is 0 Å². The number of hydrogen-bond donors (Lipinski definition) is 2. The van der Waals surface area contributed by atoms with Gasteiger partial charge in [-0.2, -0.15) is 0 Å². The van der Waals surface area contributed by atoms with Gasteiger partial charge in [0.15, 0.2) is 0 Å². The van der Waals surface area contributed by atoms with E-state index in [1.807, 2.05) is 0 Å². The molecule has 2 aromatic rings. The van der Waals surface area contributed by atoms with Crippen LogP contribution in [0.25, 0.3) is 11.3 Å². The van der Waals surface area contributed by atoms with Gasteiger partial charge in [-0.1, -0.05) is 32.2 Å². The zero-order chi connectivity index (χ0) is 14.8. The number of anilines is 1. The molecule has 3 rings (SSSR count). The fourth-order valence-corrected chi connectivity index (χ4v) is 3.02. The number of hydrogen-bond acceptors (Lipinski definition) is 1. The van der Waals surface area contributed by atoms with E-state index in [2.05, 4.69) is 60.8 Å². The summed E-state index contributed by atoms with van der Waals surface area (Å²) in [5.41, 5.74) is 8.29. The summed E-state index contributed by atoms with van der Waals surface area (Å²) < 4.78 is 0. The topological polar surface area (TPSA) is 27.8 Å². The number of nitrogens with one attached hydrogen (secondary N) is 2. The summed E-state index contributed by atoms with van der Waals surface area (Å²) in [4.78, 5) is 3.38. The quantitative estimate of drug-likeness (QED) is 0.808. The molecule has 2 nitrogen and oxygen atoms in total. The first-order valence-corrected chi connectivity index (χ1v) is 7.62. The van der Waals surface area contributed by atoms with E-state index in [9.17, 15) is 0 Å². The largest absolute Gasteiger partial charge is 0.364 e. The van der Waals surface area contributed by atoms with E-state index in [0.717, 1.165) is 36.2 Å². The maximum Gasteiger partial charge on any atom is 0.0406 e. The van der Waals surface area contributed by atoms with Gasteiger partial charge >= 0.3 is 0 Å². The summed E-state index contributed by atoms with van der Waals surface area (Å²) in [5, 5.41) is 3.43. The Morgan fingerprint density at radius 1 is 1.33 bits per heavy atom. The third-order valence-electron chi connectivity index (χ3n) is 4.18. The van der Waals surface area contributed by atoms with Crippen LogP contribution in [0.5, 0.6) is 0 Å². The van der Waals surface area contributed by atoms with Crippen molar-refractivity contribution < 1.29 is 0 Å². The molecule has 0 spiro atoms. The van der Waals surface area contributed by atoms with Crippen molar-refractivity contribution >= 4 is 17.0 Å². The van der Waals surface area contributed by atoms with Crippen LogP contribution in [-0.4, -0.2) is 4.98 Å². The van der Waals surface area contributed by atoms with Crippen molar-refractivity contribution in [1.29, 1.82) is 0 Å². The van der Waals surface area contributed by atoms with Gasteiger partial charge in [-0.25, -0.2) is 0 Å². The van der Waals surface area contributed by atoms with Gasteiger partial charge in [-0.15, -0.1) is 0 Å². The lowest BCUT2D eigenvalue weighted by atomic mass is 9.90. The van der Waals surface area contributed by atoms with E-state index >= 15 is 0 Å². The Labute approximate surface area is 126 Å². The first-order chi connectivity index (χ1) is 10.2. The van der Waals surface area contributed by atoms with Crippen LogP contribution in [0.15, 0.2) is 43.6 Å². The van der Waals surface area contributed by atoms with Crippen molar-refractivity contribution in [2.75, 3.05) is 5.32 Å². The molecule has 0 aliphatic heterocycles. The van der Waals surface area contributed by atoms with Crippen LogP contribution < -0.4 is 5.32 Å². The fraction of sp³-hybridized carbons (Fsp3) is 0.263. The van der Waals surface area contributed by atoms with Gasteiger partial charge in [0.2, 0.25) is 0 Å². The number of aromatic nitrogens is 1. The smallest absolute Gasteiger partial charge is 0.0406 e. The zero-order valence-corrected chi connectivity index (χ0v) is 12.6. The Morgan fingerprint density at radius 2 is 2.19 bits per heavy atom. The SMILES string of the molecule is C=C(Nc1cccc(CC)c1)c1c[nH]c2c1C(=C)CCC2. The van der Waals surface area contributed by atoms with Crippen molar-refractivity contribution in [2.24, 2.45) is 0 Å². The Bertz CT molecular complexity index is 691. The zero-order valence-electron chi connectivity index (χ0n) is 12.6. The molecule has 1 aliphatic rings. The molecule has 1 aliphatic carbocycles. The number of rotatable bonds is 4. The molecule has 0 fully saturated rings. The molecule has 0 radical (unpaired) electrons. The van der Waals surface area contributed by atoms with Crippen LogP contribution in [0.4, 0.5) is 5.69 Å². The normalized spacial score (nSPS) is 13.9. The highest BCUT2D eigenvalue weighted by Crippen LogP contribution is 2.34. The lowest BCUT2D eigenvalue weighted by molar-refractivity contribution is 0.805.